The fourth-order valence-corrected chi connectivity index (χ4v) is 0. The molecule has 0 heterocycles. The quantitative estimate of drug-likeness (QED) is 0.402. The Morgan fingerprint density at radius 2 is 0.667 bits per heavy atom. The van der Waals surface area contributed by atoms with Crippen molar-refractivity contribution in [2.75, 3.05) is 0 Å². The second kappa shape index (κ2) is 38.0. The molecule has 36 valence electrons. The molecule has 0 aliphatic rings. The Balaban J connectivity index is 0. The van der Waals surface area contributed by atoms with Crippen LogP contribution in [0, 0.1) is 0 Å². The van der Waals surface area contributed by atoms with Gasteiger partial charge in [0.15, 0.2) is 0 Å². The number of rotatable bonds is 0. The average molecular weight is 331 g/mol. The Labute approximate surface area is 129 Å². The van der Waals surface area contributed by atoms with Gasteiger partial charge >= 0.3 is 94.4 Å². The van der Waals surface area contributed by atoms with Gasteiger partial charge in [-0.3, -0.25) is 0 Å². The van der Waals surface area contributed by atoms with Gasteiger partial charge in [0.25, 0.3) is 0 Å². The normalized spacial score (nSPS) is 0. The van der Waals surface area contributed by atoms with Crippen LogP contribution in [0.4, 0.5) is 0 Å². The predicted octanol–water partition coefficient (Wildman–Crippen LogP) is -4.31. The molecular weight excluding hydrogens is 321 g/mol. The molecule has 0 atom stereocenters. The maximum absolute atomic E-state index is 0. The second-order valence-corrected chi connectivity index (χ2v) is 0. The maximum Gasteiger partial charge on any atom is 0 e. The molecule has 0 bridgehead atoms. The van der Waals surface area contributed by atoms with Gasteiger partial charge in [-0.25, -0.2) is 0 Å². The monoisotopic (exact) mass is 332 g/mol. The molecule has 0 rings (SSSR count). The third-order valence-corrected chi connectivity index (χ3v) is 0. The summed E-state index contributed by atoms with van der Waals surface area (Å²) in [5.41, 5.74) is 0. The molecule has 0 aromatic rings. The fraction of sp³-hybridized carbons (Fsp3) is 0. The molecule has 0 amide bonds. The van der Waals surface area contributed by atoms with Crippen LogP contribution in [0.25, 0.3) is 0 Å². The minimum absolute atomic E-state index is 0. The SMILES string of the molecule is O.O.O.[BaH2].[SrH2].[Ti]. The van der Waals surface area contributed by atoms with Crippen LogP contribution in [0.5, 0.6) is 0 Å². The van der Waals surface area contributed by atoms with Gasteiger partial charge in [-0.1, -0.05) is 0 Å². The first-order valence-corrected chi connectivity index (χ1v) is 0. The Morgan fingerprint density at radius 1 is 0.667 bits per heavy atom. The van der Waals surface area contributed by atoms with E-state index in [1.165, 1.54) is 0 Å². The summed E-state index contributed by atoms with van der Waals surface area (Å²) in [5, 5.41) is 0. The topological polar surface area (TPSA) is 94.5 Å². The summed E-state index contributed by atoms with van der Waals surface area (Å²) in [5.74, 6) is 0. The van der Waals surface area contributed by atoms with Crippen molar-refractivity contribution in [1.29, 1.82) is 0 Å². The first-order chi connectivity index (χ1) is 0. The van der Waals surface area contributed by atoms with E-state index in [-0.39, 0.29) is 133 Å². The first kappa shape index (κ1) is 54.2. The summed E-state index contributed by atoms with van der Waals surface area (Å²) in [4.78, 5) is 0. The van der Waals surface area contributed by atoms with Crippen LogP contribution in [0.15, 0.2) is 0 Å². The smallest absolute Gasteiger partial charge is 0 e. The average Bonchev–Trinajstić information content (AvgIpc) is 0. The summed E-state index contributed by atoms with van der Waals surface area (Å²) >= 11 is 0. The fourth-order valence-electron chi connectivity index (χ4n) is 0. The Hall–Kier alpha value is 3.65. The molecule has 0 unspecified atom stereocenters. The van der Waals surface area contributed by atoms with Crippen LogP contribution in [0.1, 0.15) is 0 Å². The summed E-state index contributed by atoms with van der Waals surface area (Å²) in [6, 6.07) is 0. The van der Waals surface area contributed by atoms with Gasteiger partial charge in [-0.2, -0.15) is 0 Å². The third kappa shape index (κ3) is 25.4. The molecule has 6 heavy (non-hydrogen) atoms. The largest absolute Gasteiger partial charge is 0 e. The van der Waals surface area contributed by atoms with Crippen LogP contribution < -0.4 is 0 Å². The van der Waals surface area contributed by atoms with Crippen LogP contribution in [0.2, 0.25) is 0 Å². The van der Waals surface area contributed by atoms with E-state index in [1.54, 1.807) is 0 Å². The first-order valence-electron chi connectivity index (χ1n) is 0. The molecule has 3 nitrogen and oxygen atoms in total. The van der Waals surface area contributed by atoms with Gasteiger partial charge < -0.3 is 16.4 Å². The van der Waals surface area contributed by atoms with E-state index >= 15 is 0 Å². The van der Waals surface area contributed by atoms with Crippen molar-refractivity contribution in [3.05, 3.63) is 0 Å². The second-order valence-electron chi connectivity index (χ2n) is 0. The molecule has 0 radical (unpaired) electrons. The zero-order chi connectivity index (χ0) is 0. The number of hydrogen-bond acceptors (Lipinski definition) is 0. The van der Waals surface area contributed by atoms with Crippen molar-refractivity contribution >= 4 is 94.4 Å². The van der Waals surface area contributed by atoms with Gasteiger partial charge in [-0.05, 0) is 0 Å². The minimum atomic E-state index is 0. The zero-order valence-electron chi connectivity index (χ0n) is 2.00. The molecule has 0 saturated heterocycles. The predicted molar refractivity (Wildman–Crippen MR) is 27.9 cm³/mol. The van der Waals surface area contributed by atoms with Gasteiger partial charge in [0, 0.05) is 21.7 Å². The minimum Gasteiger partial charge on any atom is 0 e. The van der Waals surface area contributed by atoms with Crippen LogP contribution in [-0.2, 0) is 21.7 Å². The molecule has 6 N–H and O–H groups in total. The van der Waals surface area contributed by atoms with Crippen molar-refractivity contribution in [1.82, 2.24) is 0 Å². The third-order valence-electron chi connectivity index (χ3n) is 0. The van der Waals surface area contributed by atoms with E-state index in [4.69, 9.17) is 0 Å². The van der Waals surface area contributed by atoms with E-state index in [1.807, 2.05) is 0 Å². The zero-order valence-corrected chi connectivity index (χ0v) is 3.56. The maximum atomic E-state index is 0. The van der Waals surface area contributed by atoms with Crippen molar-refractivity contribution in [2.45, 2.75) is 0 Å². The molecule has 6 heteroatoms. The van der Waals surface area contributed by atoms with E-state index in [9.17, 15) is 0 Å². The standard InChI is InChI=1S/Ba.3H2O.Sr.Ti.4H/h;3*1H2;;;;;;. The van der Waals surface area contributed by atoms with E-state index in [0.29, 0.717) is 0 Å². The summed E-state index contributed by atoms with van der Waals surface area (Å²) in [6.45, 7) is 0. The molecule has 0 spiro atoms. The molecular formula is H10BaO3SrTi. The Kier molecular flexibility index (Phi) is 344. The van der Waals surface area contributed by atoms with Crippen LogP contribution >= 0.6 is 0 Å². The summed E-state index contributed by atoms with van der Waals surface area (Å²) in [7, 11) is 0. The molecule has 0 aliphatic heterocycles. The molecule has 0 saturated carbocycles. The van der Waals surface area contributed by atoms with Crippen molar-refractivity contribution in [3.8, 4) is 0 Å². The van der Waals surface area contributed by atoms with Gasteiger partial charge in [0.2, 0.25) is 0 Å². The van der Waals surface area contributed by atoms with E-state index in [2.05, 4.69) is 0 Å². The van der Waals surface area contributed by atoms with Gasteiger partial charge in [-0.15, -0.1) is 0 Å². The van der Waals surface area contributed by atoms with Gasteiger partial charge in [0.1, 0.15) is 0 Å². The van der Waals surface area contributed by atoms with Crippen molar-refractivity contribution < 1.29 is 38.1 Å². The van der Waals surface area contributed by atoms with Crippen LogP contribution in [-0.4, -0.2) is 111 Å². The van der Waals surface area contributed by atoms with Crippen molar-refractivity contribution in [3.63, 3.8) is 0 Å². The Bertz CT molecular complexity index is 10.8. The summed E-state index contributed by atoms with van der Waals surface area (Å²) < 4.78 is 0. The molecule has 0 aromatic heterocycles. The van der Waals surface area contributed by atoms with Gasteiger partial charge in [0.05, 0.1) is 0 Å². The molecule has 0 fully saturated rings. The molecule has 0 aromatic carbocycles. The van der Waals surface area contributed by atoms with E-state index in [0.717, 1.165) is 0 Å². The van der Waals surface area contributed by atoms with Crippen LogP contribution in [0.3, 0.4) is 0 Å². The van der Waals surface area contributed by atoms with E-state index < -0.39 is 0 Å². The van der Waals surface area contributed by atoms with Crippen molar-refractivity contribution in [2.24, 2.45) is 0 Å². The summed E-state index contributed by atoms with van der Waals surface area (Å²) in [6.07, 6.45) is 0. The Morgan fingerprint density at radius 3 is 0.667 bits per heavy atom. The number of hydrogen-bond donors (Lipinski definition) is 0. The molecule has 0 aliphatic carbocycles.